The lowest BCUT2D eigenvalue weighted by Gasteiger charge is -2.13. The van der Waals surface area contributed by atoms with Gasteiger partial charge in [0.1, 0.15) is 29.2 Å². The molecular formula is C21H22BrN5O5. The summed E-state index contributed by atoms with van der Waals surface area (Å²) in [4.78, 5) is 11.6. The summed E-state index contributed by atoms with van der Waals surface area (Å²) in [7, 11) is 0. The summed E-state index contributed by atoms with van der Waals surface area (Å²) in [5.74, 6) is 0.224. The van der Waals surface area contributed by atoms with Gasteiger partial charge < -0.3 is 25.1 Å². The molecule has 2 rings (SSSR count). The summed E-state index contributed by atoms with van der Waals surface area (Å²) in [6.07, 6.45) is 1.52. The van der Waals surface area contributed by atoms with E-state index >= 15 is 0 Å². The van der Waals surface area contributed by atoms with Crippen molar-refractivity contribution >= 4 is 39.4 Å². The second-order valence-electron chi connectivity index (χ2n) is 6.18. The first-order chi connectivity index (χ1) is 15.4. The Hall–Kier alpha value is -3.54. The van der Waals surface area contributed by atoms with Crippen LogP contribution in [0.5, 0.6) is 11.5 Å². The van der Waals surface area contributed by atoms with Gasteiger partial charge in [-0.15, -0.1) is 0 Å². The number of nitriles is 2. The van der Waals surface area contributed by atoms with Gasteiger partial charge in [0.05, 0.1) is 31.9 Å². The molecule has 10 nitrogen and oxygen atoms in total. The zero-order valence-corrected chi connectivity index (χ0v) is 19.2. The number of nitrogen functional groups attached to an aromatic ring is 1. The molecular weight excluding hydrogens is 482 g/mol. The fourth-order valence-electron chi connectivity index (χ4n) is 2.73. The second-order valence-corrected chi connectivity index (χ2v) is 7.04. The van der Waals surface area contributed by atoms with E-state index in [1.165, 1.54) is 10.8 Å². The first-order valence-corrected chi connectivity index (χ1v) is 10.4. The highest BCUT2D eigenvalue weighted by molar-refractivity contribution is 9.10. The van der Waals surface area contributed by atoms with Crippen LogP contribution in [-0.4, -0.2) is 47.3 Å². The quantitative estimate of drug-likeness (QED) is 0.367. The summed E-state index contributed by atoms with van der Waals surface area (Å²) in [6, 6.07) is 7.22. The summed E-state index contributed by atoms with van der Waals surface area (Å²) in [5, 5.41) is 32.6. The van der Waals surface area contributed by atoms with Crippen LogP contribution in [0.15, 0.2) is 16.6 Å². The molecule has 3 N–H and O–H groups in total. The van der Waals surface area contributed by atoms with Gasteiger partial charge in [0.25, 0.3) is 0 Å². The molecule has 0 aliphatic carbocycles. The Kier molecular flexibility index (Phi) is 9.08. The topological polar surface area (TPSA) is 156 Å². The van der Waals surface area contributed by atoms with Crippen LogP contribution < -0.4 is 15.2 Å². The Morgan fingerprint density at radius 1 is 1.28 bits per heavy atom. The van der Waals surface area contributed by atoms with Crippen molar-refractivity contribution in [2.45, 2.75) is 20.4 Å². The van der Waals surface area contributed by atoms with Gasteiger partial charge in [-0.3, -0.25) is 0 Å². The van der Waals surface area contributed by atoms with Crippen LogP contribution in [0.3, 0.4) is 0 Å². The Morgan fingerprint density at radius 2 is 2.00 bits per heavy atom. The second kappa shape index (κ2) is 11.7. The lowest BCUT2D eigenvalue weighted by molar-refractivity contribution is -0.145. The largest absolute Gasteiger partial charge is 0.490 e. The number of nitrogens with zero attached hydrogens (tertiary/aromatic N) is 4. The van der Waals surface area contributed by atoms with Crippen molar-refractivity contribution < 1.29 is 24.1 Å². The van der Waals surface area contributed by atoms with Crippen molar-refractivity contribution in [2.75, 3.05) is 32.2 Å². The first kappa shape index (κ1) is 24.7. The average Bonchev–Trinajstić information content (AvgIpc) is 3.08. The minimum Gasteiger partial charge on any atom is -0.490 e. The standard InChI is InChI=1S/C21H22BrN5O5/c1-3-30-17-8-13(16(22)9-18(17)32-12-19(29)31-4-2)7-14(10-23)20-15(11-24)21(25)27(26-20)5-6-28/h7-9,28H,3-6,12,25H2,1-2H3/b14-7+. The van der Waals surface area contributed by atoms with Gasteiger partial charge in [-0.2, -0.15) is 15.6 Å². The SMILES string of the molecule is CCOC(=O)COc1cc(Br)c(/C=C(\C#N)c2nn(CCO)c(N)c2C#N)cc1OCC. The molecule has 0 aliphatic heterocycles. The smallest absolute Gasteiger partial charge is 0.344 e. The molecule has 32 heavy (non-hydrogen) atoms. The summed E-state index contributed by atoms with van der Waals surface area (Å²) in [6.45, 7) is 3.66. The number of hydrogen-bond acceptors (Lipinski definition) is 9. The molecule has 0 bridgehead atoms. The highest BCUT2D eigenvalue weighted by Gasteiger charge is 2.20. The number of carbonyl (C=O) groups excluding carboxylic acids is 1. The normalized spacial score (nSPS) is 10.9. The highest BCUT2D eigenvalue weighted by Crippen LogP contribution is 2.36. The average molecular weight is 504 g/mol. The van der Waals surface area contributed by atoms with Crippen LogP contribution in [0.1, 0.15) is 30.7 Å². The van der Waals surface area contributed by atoms with Crippen LogP contribution in [0.25, 0.3) is 11.6 Å². The predicted octanol–water partition coefficient (Wildman–Crippen LogP) is 2.50. The third kappa shape index (κ3) is 5.78. The van der Waals surface area contributed by atoms with Gasteiger partial charge in [0, 0.05) is 4.47 Å². The lowest BCUT2D eigenvalue weighted by atomic mass is 10.1. The van der Waals surface area contributed by atoms with E-state index in [2.05, 4.69) is 21.0 Å². The number of rotatable bonds is 10. The summed E-state index contributed by atoms with van der Waals surface area (Å²) >= 11 is 3.43. The monoisotopic (exact) mass is 503 g/mol. The van der Waals surface area contributed by atoms with Crippen molar-refractivity contribution in [3.8, 4) is 23.6 Å². The zero-order valence-electron chi connectivity index (χ0n) is 17.6. The lowest BCUT2D eigenvalue weighted by Crippen LogP contribution is -2.15. The van der Waals surface area contributed by atoms with Crippen molar-refractivity contribution in [3.63, 3.8) is 0 Å². The molecule has 0 unspecified atom stereocenters. The molecule has 0 atom stereocenters. The Bertz CT molecular complexity index is 1100. The van der Waals surface area contributed by atoms with Crippen molar-refractivity contribution in [1.29, 1.82) is 10.5 Å². The molecule has 0 aliphatic rings. The van der Waals surface area contributed by atoms with E-state index in [0.29, 0.717) is 28.1 Å². The third-order valence-corrected chi connectivity index (χ3v) is 4.79. The van der Waals surface area contributed by atoms with Gasteiger partial charge in [-0.25, -0.2) is 9.48 Å². The van der Waals surface area contributed by atoms with Gasteiger partial charge in [0.15, 0.2) is 18.1 Å². The van der Waals surface area contributed by atoms with Gasteiger partial charge in [0.2, 0.25) is 0 Å². The fourth-order valence-corrected chi connectivity index (χ4v) is 3.17. The van der Waals surface area contributed by atoms with E-state index in [-0.39, 0.29) is 49.0 Å². The van der Waals surface area contributed by atoms with Crippen molar-refractivity contribution in [2.24, 2.45) is 0 Å². The van der Waals surface area contributed by atoms with Crippen LogP contribution in [-0.2, 0) is 16.1 Å². The summed E-state index contributed by atoms with van der Waals surface area (Å²) in [5.41, 5.74) is 6.71. The number of hydrogen-bond donors (Lipinski definition) is 2. The number of aromatic nitrogens is 2. The number of aliphatic hydroxyl groups excluding tert-OH is 1. The number of nitrogens with two attached hydrogens (primary N) is 1. The molecule has 1 heterocycles. The van der Waals surface area contributed by atoms with Crippen LogP contribution in [0.2, 0.25) is 0 Å². The van der Waals surface area contributed by atoms with Gasteiger partial charge >= 0.3 is 5.97 Å². The van der Waals surface area contributed by atoms with Crippen LogP contribution in [0.4, 0.5) is 5.82 Å². The molecule has 0 radical (unpaired) electrons. The van der Waals surface area contributed by atoms with Crippen LogP contribution >= 0.6 is 15.9 Å². The Labute approximate surface area is 193 Å². The number of anilines is 1. The number of halogens is 1. The Morgan fingerprint density at radius 3 is 2.59 bits per heavy atom. The minimum atomic E-state index is -0.512. The van der Waals surface area contributed by atoms with Crippen molar-refractivity contribution in [3.05, 3.63) is 33.4 Å². The van der Waals surface area contributed by atoms with E-state index < -0.39 is 5.97 Å². The number of allylic oxidation sites excluding steroid dienone is 1. The maximum absolute atomic E-state index is 11.6. The van der Waals surface area contributed by atoms with E-state index in [1.807, 2.05) is 12.1 Å². The molecule has 1 aromatic carbocycles. The molecule has 2 aromatic rings. The zero-order chi connectivity index (χ0) is 23.7. The molecule has 0 saturated carbocycles. The molecule has 0 amide bonds. The Balaban J connectivity index is 2.49. The predicted molar refractivity (Wildman–Crippen MR) is 119 cm³/mol. The summed E-state index contributed by atoms with van der Waals surface area (Å²) < 4.78 is 17.8. The van der Waals surface area contributed by atoms with Gasteiger partial charge in [-0.05, 0) is 37.6 Å². The fraction of sp³-hybridized carbons (Fsp3) is 0.333. The molecule has 0 spiro atoms. The third-order valence-electron chi connectivity index (χ3n) is 4.10. The number of benzene rings is 1. The maximum atomic E-state index is 11.6. The molecule has 1 aromatic heterocycles. The number of aliphatic hydroxyl groups is 1. The first-order valence-electron chi connectivity index (χ1n) is 9.64. The molecule has 168 valence electrons. The number of esters is 1. The minimum absolute atomic E-state index is 0.0433. The van der Waals surface area contributed by atoms with E-state index in [4.69, 9.17) is 25.1 Å². The van der Waals surface area contributed by atoms with E-state index in [1.54, 1.807) is 26.0 Å². The van der Waals surface area contributed by atoms with Crippen molar-refractivity contribution in [1.82, 2.24) is 9.78 Å². The molecule has 0 saturated heterocycles. The molecule has 11 heteroatoms. The maximum Gasteiger partial charge on any atom is 0.344 e. The van der Waals surface area contributed by atoms with E-state index in [9.17, 15) is 15.3 Å². The highest BCUT2D eigenvalue weighted by atomic mass is 79.9. The van der Waals surface area contributed by atoms with E-state index in [0.717, 1.165) is 0 Å². The van der Waals surface area contributed by atoms with Gasteiger partial charge in [-0.1, -0.05) is 15.9 Å². The molecule has 0 fully saturated rings. The number of carbonyl (C=O) groups is 1. The number of ether oxygens (including phenoxy) is 3. The van der Waals surface area contributed by atoms with Crippen LogP contribution in [0, 0.1) is 22.7 Å².